The fourth-order valence-corrected chi connectivity index (χ4v) is 4.54. The van der Waals surface area contributed by atoms with Gasteiger partial charge in [0.1, 0.15) is 11.3 Å². The predicted molar refractivity (Wildman–Crippen MR) is 117 cm³/mol. The van der Waals surface area contributed by atoms with Crippen LogP contribution in [0.3, 0.4) is 0 Å². The van der Waals surface area contributed by atoms with Crippen molar-refractivity contribution in [2.45, 2.75) is 38.6 Å². The van der Waals surface area contributed by atoms with Gasteiger partial charge in [0.2, 0.25) is 0 Å². The Labute approximate surface area is 179 Å². The molecule has 0 saturated heterocycles. The van der Waals surface area contributed by atoms with Gasteiger partial charge in [0.15, 0.2) is 6.61 Å². The molecular weight excluding hydrogens is 398 g/mol. The lowest BCUT2D eigenvalue weighted by atomic mass is 9.86. The van der Waals surface area contributed by atoms with Gasteiger partial charge in [-0.25, -0.2) is 9.48 Å². The lowest BCUT2D eigenvalue weighted by molar-refractivity contribution is -0.125. The maximum atomic E-state index is 12.8. The zero-order valence-electron chi connectivity index (χ0n) is 16.9. The Bertz CT molecular complexity index is 998. The Morgan fingerprint density at radius 1 is 1.17 bits per heavy atom. The van der Waals surface area contributed by atoms with Crippen molar-refractivity contribution < 1.29 is 14.3 Å². The SMILES string of the molecule is C[C@@H]1CCCC[C@H]1NC(=O)COC(=O)c1cn(-c2ccccc2)nc1-c1cccs1. The highest BCUT2D eigenvalue weighted by molar-refractivity contribution is 7.13. The number of benzene rings is 1. The van der Waals surface area contributed by atoms with E-state index in [1.165, 1.54) is 17.8 Å². The molecule has 1 aliphatic carbocycles. The number of carbonyl (C=O) groups excluding carboxylic acids is 2. The van der Waals surface area contributed by atoms with Crippen molar-refractivity contribution in [2.75, 3.05) is 6.61 Å². The second-order valence-electron chi connectivity index (χ2n) is 7.66. The number of hydrogen-bond acceptors (Lipinski definition) is 5. The van der Waals surface area contributed by atoms with E-state index in [2.05, 4.69) is 17.3 Å². The molecule has 30 heavy (non-hydrogen) atoms. The third-order valence-electron chi connectivity index (χ3n) is 5.50. The summed E-state index contributed by atoms with van der Waals surface area (Å²) in [6, 6.07) is 13.6. The lowest BCUT2D eigenvalue weighted by Crippen LogP contribution is -2.42. The number of aromatic nitrogens is 2. The van der Waals surface area contributed by atoms with Gasteiger partial charge in [-0.3, -0.25) is 4.79 Å². The summed E-state index contributed by atoms with van der Waals surface area (Å²) in [7, 11) is 0. The Morgan fingerprint density at radius 3 is 2.70 bits per heavy atom. The Balaban J connectivity index is 1.47. The number of esters is 1. The van der Waals surface area contributed by atoms with Gasteiger partial charge >= 0.3 is 5.97 Å². The summed E-state index contributed by atoms with van der Waals surface area (Å²) < 4.78 is 7.02. The Hall–Kier alpha value is -2.93. The van der Waals surface area contributed by atoms with E-state index in [-0.39, 0.29) is 18.6 Å². The number of para-hydroxylation sites is 1. The van der Waals surface area contributed by atoms with Crippen LogP contribution in [0.15, 0.2) is 54.0 Å². The van der Waals surface area contributed by atoms with Crippen molar-refractivity contribution in [3.63, 3.8) is 0 Å². The van der Waals surface area contributed by atoms with Crippen LogP contribution < -0.4 is 5.32 Å². The minimum absolute atomic E-state index is 0.160. The second-order valence-corrected chi connectivity index (χ2v) is 8.61. The fourth-order valence-electron chi connectivity index (χ4n) is 3.82. The summed E-state index contributed by atoms with van der Waals surface area (Å²) >= 11 is 1.50. The van der Waals surface area contributed by atoms with Gasteiger partial charge in [0.25, 0.3) is 5.91 Å². The standard InChI is InChI=1S/C23H25N3O3S/c1-16-8-5-6-11-19(16)24-21(27)15-29-23(28)18-14-26(17-9-3-2-4-10-17)25-22(18)20-12-7-13-30-20/h2-4,7,9-10,12-14,16,19H,5-6,8,11,15H2,1H3,(H,24,27)/t16-,19-/m1/s1. The average molecular weight is 424 g/mol. The van der Waals surface area contributed by atoms with E-state index in [9.17, 15) is 9.59 Å². The first-order chi connectivity index (χ1) is 14.6. The van der Waals surface area contributed by atoms with Crippen LogP contribution in [-0.4, -0.2) is 34.3 Å². The molecule has 1 fully saturated rings. The van der Waals surface area contributed by atoms with E-state index >= 15 is 0 Å². The van der Waals surface area contributed by atoms with Crippen molar-refractivity contribution in [3.05, 3.63) is 59.6 Å². The normalized spacial score (nSPS) is 18.7. The molecule has 0 unspecified atom stereocenters. The number of ether oxygens (including phenoxy) is 1. The maximum absolute atomic E-state index is 12.8. The second kappa shape index (κ2) is 9.26. The first kappa shape index (κ1) is 20.3. The van der Waals surface area contributed by atoms with Gasteiger partial charge in [0.05, 0.1) is 10.6 Å². The van der Waals surface area contributed by atoms with E-state index in [0.717, 1.165) is 29.8 Å². The Kier molecular flexibility index (Phi) is 6.28. The van der Waals surface area contributed by atoms with Crippen molar-refractivity contribution >= 4 is 23.2 Å². The monoisotopic (exact) mass is 423 g/mol. The number of amides is 1. The zero-order valence-corrected chi connectivity index (χ0v) is 17.7. The molecule has 1 saturated carbocycles. The third-order valence-corrected chi connectivity index (χ3v) is 6.38. The molecule has 2 atom stereocenters. The van der Waals surface area contributed by atoms with Gasteiger partial charge in [-0.2, -0.15) is 5.10 Å². The third kappa shape index (κ3) is 4.62. The molecule has 0 aliphatic heterocycles. The molecule has 1 amide bonds. The topological polar surface area (TPSA) is 73.2 Å². The molecule has 0 spiro atoms. The highest BCUT2D eigenvalue weighted by atomic mass is 32.1. The smallest absolute Gasteiger partial charge is 0.342 e. The average Bonchev–Trinajstić information content (AvgIpc) is 3.44. The number of thiophene rings is 1. The zero-order chi connectivity index (χ0) is 20.9. The van der Waals surface area contributed by atoms with Crippen LogP contribution in [0, 0.1) is 5.92 Å². The van der Waals surface area contributed by atoms with Crippen LogP contribution in [0.2, 0.25) is 0 Å². The molecule has 1 aliphatic rings. The summed E-state index contributed by atoms with van der Waals surface area (Å²) in [5, 5.41) is 9.55. The molecule has 3 aromatic rings. The molecule has 0 bridgehead atoms. The summed E-state index contributed by atoms with van der Waals surface area (Å²) in [6.07, 6.45) is 6.09. The maximum Gasteiger partial charge on any atom is 0.342 e. The molecule has 6 nitrogen and oxygen atoms in total. The highest BCUT2D eigenvalue weighted by Crippen LogP contribution is 2.28. The molecule has 0 radical (unpaired) electrons. The molecule has 156 valence electrons. The lowest BCUT2D eigenvalue weighted by Gasteiger charge is -2.29. The molecule has 7 heteroatoms. The van der Waals surface area contributed by atoms with Gasteiger partial charge in [0, 0.05) is 12.2 Å². The molecule has 2 heterocycles. The van der Waals surface area contributed by atoms with Crippen molar-refractivity contribution in [1.29, 1.82) is 0 Å². The van der Waals surface area contributed by atoms with Gasteiger partial charge < -0.3 is 10.1 Å². The molecule has 1 aromatic carbocycles. The predicted octanol–water partition coefficient (Wildman–Crippen LogP) is 4.45. The Morgan fingerprint density at radius 2 is 1.97 bits per heavy atom. The van der Waals surface area contributed by atoms with E-state index < -0.39 is 5.97 Å². The van der Waals surface area contributed by atoms with E-state index in [4.69, 9.17) is 4.74 Å². The van der Waals surface area contributed by atoms with Crippen molar-refractivity contribution in [3.8, 4) is 16.3 Å². The van der Waals surface area contributed by atoms with Crippen LogP contribution in [0.1, 0.15) is 43.0 Å². The quantitative estimate of drug-likeness (QED) is 0.595. The first-order valence-corrected chi connectivity index (χ1v) is 11.2. The van der Waals surface area contributed by atoms with Crippen LogP contribution in [-0.2, 0) is 9.53 Å². The van der Waals surface area contributed by atoms with E-state index in [1.54, 1.807) is 10.9 Å². The summed E-state index contributed by atoms with van der Waals surface area (Å²) in [5.74, 6) is -0.351. The van der Waals surface area contributed by atoms with Gasteiger partial charge in [-0.1, -0.05) is 44.0 Å². The van der Waals surface area contributed by atoms with E-state index in [1.807, 2.05) is 47.8 Å². The van der Waals surface area contributed by atoms with Crippen molar-refractivity contribution in [1.82, 2.24) is 15.1 Å². The number of nitrogens with one attached hydrogen (secondary N) is 1. The van der Waals surface area contributed by atoms with E-state index in [0.29, 0.717) is 17.2 Å². The molecule has 1 N–H and O–H groups in total. The number of nitrogens with zero attached hydrogens (tertiary/aromatic N) is 2. The minimum Gasteiger partial charge on any atom is -0.452 e. The van der Waals surface area contributed by atoms with Crippen molar-refractivity contribution in [2.24, 2.45) is 5.92 Å². The number of rotatable bonds is 6. The summed E-state index contributed by atoms with van der Waals surface area (Å²) in [5.41, 5.74) is 1.75. The van der Waals surface area contributed by atoms with Crippen LogP contribution in [0.4, 0.5) is 0 Å². The molecule has 2 aromatic heterocycles. The molecular formula is C23H25N3O3S. The largest absolute Gasteiger partial charge is 0.452 e. The first-order valence-electron chi connectivity index (χ1n) is 10.3. The number of hydrogen-bond donors (Lipinski definition) is 1. The van der Waals surface area contributed by atoms with Gasteiger partial charge in [-0.15, -0.1) is 11.3 Å². The highest BCUT2D eigenvalue weighted by Gasteiger charge is 2.25. The van der Waals surface area contributed by atoms with Crippen LogP contribution >= 0.6 is 11.3 Å². The summed E-state index contributed by atoms with van der Waals surface area (Å²) in [4.78, 5) is 26.0. The van der Waals surface area contributed by atoms with Crippen LogP contribution in [0.25, 0.3) is 16.3 Å². The summed E-state index contributed by atoms with van der Waals surface area (Å²) in [6.45, 7) is 1.86. The molecule has 4 rings (SSSR count). The number of carbonyl (C=O) groups is 2. The fraction of sp³-hybridized carbons (Fsp3) is 0.348. The van der Waals surface area contributed by atoms with Crippen LogP contribution in [0.5, 0.6) is 0 Å². The minimum atomic E-state index is -0.549. The van der Waals surface area contributed by atoms with Gasteiger partial charge in [-0.05, 0) is 42.3 Å².